The number of hydrogen-bond acceptors (Lipinski definition) is 7. The molecule has 3 amide bonds. The summed E-state index contributed by atoms with van der Waals surface area (Å²) >= 11 is 0. The van der Waals surface area contributed by atoms with Crippen LogP contribution in [0.15, 0.2) is 28.8 Å². The van der Waals surface area contributed by atoms with Crippen LogP contribution in [0.1, 0.15) is 43.6 Å². The Labute approximate surface area is 167 Å². The molecule has 1 saturated heterocycles. The summed E-state index contributed by atoms with van der Waals surface area (Å²) in [6, 6.07) is 7.06. The zero-order chi connectivity index (χ0) is 20.4. The molecule has 1 saturated carbocycles. The molecular weight excluding hydrogens is 376 g/mol. The summed E-state index contributed by atoms with van der Waals surface area (Å²) in [5.74, 6) is -0.533. The van der Waals surface area contributed by atoms with Gasteiger partial charge in [-0.2, -0.15) is 4.98 Å². The van der Waals surface area contributed by atoms with Crippen molar-refractivity contribution in [1.82, 2.24) is 20.4 Å². The topological polar surface area (TPSA) is 115 Å². The Morgan fingerprint density at radius 3 is 2.66 bits per heavy atom. The van der Waals surface area contributed by atoms with Crippen molar-refractivity contribution in [2.45, 2.75) is 51.2 Å². The lowest BCUT2D eigenvalue weighted by atomic mass is 9.82. The van der Waals surface area contributed by atoms with E-state index >= 15 is 0 Å². The first kappa shape index (κ1) is 19.1. The average Bonchev–Trinajstić information content (AvgIpc) is 3.27. The second kappa shape index (κ2) is 7.65. The van der Waals surface area contributed by atoms with Crippen molar-refractivity contribution in [3.05, 3.63) is 35.7 Å². The standard InChI is InChI=1S/C20H22N4O5/c1-13-5-7-14(8-6-13)17-21-15(29-23-17)12-28-16(25)11-24-18(26)20(22-19(24)27)9-3-2-4-10-20/h5-8H,2-4,9-12H2,1H3,(H,22,27). The van der Waals surface area contributed by atoms with Gasteiger partial charge in [-0.25, -0.2) is 4.79 Å². The number of nitrogens with one attached hydrogen (secondary N) is 1. The van der Waals surface area contributed by atoms with Crippen molar-refractivity contribution in [2.75, 3.05) is 6.54 Å². The quantitative estimate of drug-likeness (QED) is 0.607. The Kier molecular flexibility index (Phi) is 5.04. The molecule has 1 aromatic heterocycles. The molecule has 1 aliphatic carbocycles. The fourth-order valence-electron chi connectivity index (χ4n) is 3.76. The van der Waals surface area contributed by atoms with E-state index in [9.17, 15) is 14.4 Å². The first-order chi connectivity index (χ1) is 14.0. The monoisotopic (exact) mass is 398 g/mol. The normalized spacial score (nSPS) is 18.2. The van der Waals surface area contributed by atoms with Gasteiger partial charge >= 0.3 is 12.0 Å². The van der Waals surface area contributed by atoms with Gasteiger partial charge in [0.2, 0.25) is 5.82 Å². The predicted octanol–water partition coefficient (Wildman–Crippen LogP) is 2.34. The molecule has 1 aliphatic heterocycles. The molecule has 9 nitrogen and oxygen atoms in total. The Balaban J connectivity index is 1.33. The third-order valence-electron chi connectivity index (χ3n) is 5.37. The molecule has 0 atom stereocenters. The molecule has 2 aliphatic rings. The Morgan fingerprint density at radius 1 is 1.21 bits per heavy atom. The molecule has 1 spiro atoms. The molecule has 152 valence electrons. The van der Waals surface area contributed by atoms with E-state index < -0.39 is 24.1 Å². The molecule has 0 unspecified atom stereocenters. The van der Waals surface area contributed by atoms with E-state index in [-0.39, 0.29) is 18.4 Å². The van der Waals surface area contributed by atoms with Crippen molar-refractivity contribution in [3.8, 4) is 11.4 Å². The molecule has 2 aromatic rings. The molecule has 9 heteroatoms. The highest BCUT2D eigenvalue weighted by molar-refractivity contribution is 6.08. The number of carbonyl (C=O) groups excluding carboxylic acids is 3. The fraction of sp³-hybridized carbons (Fsp3) is 0.450. The van der Waals surface area contributed by atoms with Crippen LogP contribution < -0.4 is 5.32 Å². The molecule has 0 bridgehead atoms. The van der Waals surface area contributed by atoms with Crippen LogP contribution in [0.3, 0.4) is 0 Å². The van der Waals surface area contributed by atoms with Crippen LogP contribution in [-0.2, 0) is 20.9 Å². The smallest absolute Gasteiger partial charge is 0.326 e. The van der Waals surface area contributed by atoms with Gasteiger partial charge in [-0.05, 0) is 19.8 Å². The van der Waals surface area contributed by atoms with E-state index in [1.807, 2.05) is 31.2 Å². The molecule has 1 aromatic carbocycles. The molecule has 1 N–H and O–H groups in total. The minimum atomic E-state index is -0.856. The molecular formula is C20H22N4O5. The number of imide groups is 1. The van der Waals surface area contributed by atoms with Gasteiger partial charge < -0.3 is 14.6 Å². The highest BCUT2D eigenvalue weighted by Crippen LogP contribution is 2.33. The molecule has 0 radical (unpaired) electrons. The first-order valence-corrected chi connectivity index (χ1v) is 9.66. The summed E-state index contributed by atoms with van der Waals surface area (Å²) in [4.78, 5) is 42.2. The summed E-state index contributed by atoms with van der Waals surface area (Å²) in [6.45, 7) is 1.31. The van der Waals surface area contributed by atoms with Gasteiger partial charge in [0.25, 0.3) is 11.8 Å². The number of aryl methyl sites for hydroxylation is 1. The third kappa shape index (κ3) is 3.85. The van der Waals surface area contributed by atoms with Gasteiger partial charge in [0.05, 0.1) is 0 Å². The number of urea groups is 1. The van der Waals surface area contributed by atoms with Gasteiger partial charge in [-0.15, -0.1) is 0 Å². The van der Waals surface area contributed by atoms with E-state index in [1.54, 1.807) is 0 Å². The van der Waals surface area contributed by atoms with Crippen molar-refractivity contribution in [2.24, 2.45) is 0 Å². The van der Waals surface area contributed by atoms with Crippen molar-refractivity contribution in [1.29, 1.82) is 0 Å². The number of nitrogens with zero attached hydrogens (tertiary/aromatic N) is 3. The number of esters is 1. The van der Waals surface area contributed by atoms with Crippen molar-refractivity contribution in [3.63, 3.8) is 0 Å². The van der Waals surface area contributed by atoms with Crippen LogP contribution in [0.25, 0.3) is 11.4 Å². The highest BCUT2D eigenvalue weighted by atomic mass is 16.6. The van der Waals surface area contributed by atoms with E-state index in [2.05, 4.69) is 15.5 Å². The van der Waals surface area contributed by atoms with Crippen LogP contribution in [0.2, 0.25) is 0 Å². The van der Waals surface area contributed by atoms with Gasteiger partial charge in [0, 0.05) is 5.56 Å². The number of rotatable bonds is 5. The maximum absolute atomic E-state index is 12.7. The molecule has 29 heavy (non-hydrogen) atoms. The Hall–Kier alpha value is -3.23. The third-order valence-corrected chi connectivity index (χ3v) is 5.37. The average molecular weight is 398 g/mol. The zero-order valence-corrected chi connectivity index (χ0v) is 16.1. The first-order valence-electron chi connectivity index (χ1n) is 9.66. The Morgan fingerprint density at radius 2 is 1.93 bits per heavy atom. The molecule has 4 rings (SSSR count). The lowest BCUT2D eigenvalue weighted by Gasteiger charge is -2.30. The predicted molar refractivity (Wildman–Crippen MR) is 100 cm³/mol. The summed E-state index contributed by atoms with van der Waals surface area (Å²) in [5.41, 5.74) is 1.04. The number of carbonyl (C=O) groups is 3. The fourth-order valence-corrected chi connectivity index (χ4v) is 3.76. The maximum atomic E-state index is 12.7. The molecule has 2 heterocycles. The number of benzene rings is 1. The van der Waals surface area contributed by atoms with Crippen LogP contribution in [0, 0.1) is 6.92 Å². The van der Waals surface area contributed by atoms with Crippen LogP contribution >= 0.6 is 0 Å². The van der Waals surface area contributed by atoms with Crippen LogP contribution in [-0.4, -0.2) is 45.0 Å². The SMILES string of the molecule is Cc1ccc(-c2noc(COC(=O)CN3C(=O)NC4(CCCCC4)C3=O)n2)cc1. The van der Waals surface area contributed by atoms with Crippen LogP contribution in [0.4, 0.5) is 4.79 Å². The molecule has 2 fully saturated rings. The van der Waals surface area contributed by atoms with E-state index in [1.165, 1.54) is 0 Å². The minimum Gasteiger partial charge on any atom is -0.454 e. The summed E-state index contributed by atoms with van der Waals surface area (Å²) in [7, 11) is 0. The number of aromatic nitrogens is 2. The minimum absolute atomic E-state index is 0.134. The Bertz CT molecular complexity index is 931. The lowest BCUT2D eigenvalue weighted by Crippen LogP contribution is -2.48. The zero-order valence-electron chi connectivity index (χ0n) is 16.1. The van der Waals surface area contributed by atoms with E-state index in [4.69, 9.17) is 9.26 Å². The number of ether oxygens (including phenoxy) is 1. The number of amides is 3. The van der Waals surface area contributed by atoms with E-state index in [0.29, 0.717) is 18.7 Å². The van der Waals surface area contributed by atoms with Gasteiger partial charge in [0.1, 0.15) is 12.1 Å². The van der Waals surface area contributed by atoms with Gasteiger partial charge in [0.15, 0.2) is 6.61 Å². The van der Waals surface area contributed by atoms with Gasteiger partial charge in [-0.1, -0.05) is 54.2 Å². The highest BCUT2D eigenvalue weighted by Gasteiger charge is 2.51. The summed E-state index contributed by atoms with van der Waals surface area (Å²) in [6.07, 6.45) is 4.01. The summed E-state index contributed by atoms with van der Waals surface area (Å²) < 4.78 is 10.2. The maximum Gasteiger partial charge on any atom is 0.326 e. The van der Waals surface area contributed by atoms with E-state index in [0.717, 1.165) is 35.3 Å². The van der Waals surface area contributed by atoms with Gasteiger partial charge in [-0.3, -0.25) is 14.5 Å². The van der Waals surface area contributed by atoms with Crippen molar-refractivity contribution < 1.29 is 23.6 Å². The second-order valence-electron chi connectivity index (χ2n) is 7.50. The second-order valence-corrected chi connectivity index (χ2v) is 7.50. The summed E-state index contributed by atoms with van der Waals surface area (Å²) in [5, 5.41) is 6.63. The largest absolute Gasteiger partial charge is 0.454 e. The van der Waals surface area contributed by atoms with Crippen molar-refractivity contribution >= 4 is 17.9 Å². The lowest BCUT2D eigenvalue weighted by molar-refractivity contribution is -0.149. The number of hydrogen-bond donors (Lipinski definition) is 1. The van der Waals surface area contributed by atoms with Crippen LogP contribution in [0.5, 0.6) is 0 Å².